The Labute approximate surface area is 181 Å². The molecule has 2 amide bonds. The Morgan fingerprint density at radius 2 is 1.65 bits per heavy atom. The highest BCUT2D eigenvalue weighted by molar-refractivity contribution is 6.44. The highest BCUT2D eigenvalue weighted by Gasteiger charge is 2.35. The summed E-state index contributed by atoms with van der Waals surface area (Å²) in [5, 5.41) is 8.77. The number of ether oxygens (including phenoxy) is 1. The summed E-state index contributed by atoms with van der Waals surface area (Å²) in [7, 11) is 0. The van der Waals surface area contributed by atoms with E-state index in [1.807, 2.05) is 54.6 Å². The first-order valence-electron chi connectivity index (χ1n) is 10.4. The minimum atomic E-state index is -0.684. The van der Waals surface area contributed by atoms with Crippen LogP contribution >= 0.6 is 0 Å². The summed E-state index contributed by atoms with van der Waals surface area (Å²) in [5.74, 6) is -0.861. The van der Waals surface area contributed by atoms with Gasteiger partial charge in [0, 0.05) is 30.9 Å². The summed E-state index contributed by atoms with van der Waals surface area (Å²) < 4.78 is 5.79. The van der Waals surface area contributed by atoms with Gasteiger partial charge in [-0.25, -0.2) is 0 Å². The topological polar surface area (TPSA) is 100 Å². The Balaban J connectivity index is 1.45. The SMILES string of the molecule is CC1CN(c2ccc(NC(=O)C3=NN(c4ccccc4)C(C(N)=O)C3)cc2)CC(C)O1. The molecule has 2 aromatic rings. The molecule has 2 aromatic carbocycles. The van der Waals surface area contributed by atoms with Crippen molar-refractivity contribution in [1.29, 1.82) is 0 Å². The first-order valence-corrected chi connectivity index (χ1v) is 10.4. The molecule has 3 atom stereocenters. The molecule has 0 spiro atoms. The lowest BCUT2D eigenvalue weighted by molar-refractivity contribution is -0.119. The number of benzene rings is 2. The van der Waals surface area contributed by atoms with Gasteiger partial charge in [0.1, 0.15) is 11.8 Å². The molecule has 1 saturated heterocycles. The Kier molecular flexibility index (Phi) is 5.90. The van der Waals surface area contributed by atoms with Crippen molar-refractivity contribution in [2.75, 3.05) is 28.3 Å². The average Bonchev–Trinajstić information content (AvgIpc) is 3.20. The van der Waals surface area contributed by atoms with Crippen molar-refractivity contribution in [3.63, 3.8) is 0 Å². The van der Waals surface area contributed by atoms with E-state index in [1.165, 1.54) is 5.01 Å². The van der Waals surface area contributed by atoms with E-state index in [2.05, 4.69) is 29.2 Å². The smallest absolute Gasteiger partial charge is 0.271 e. The number of amides is 2. The molecule has 0 aliphatic carbocycles. The van der Waals surface area contributed by atoms with Crippen molar-refractivity contribution >= 4 is 34.6 Å². The number of anilines is 3. The third-order valence-electron chi connectivity index (χ3n) is 5.43. The van der Waals surface area contributed by atoms with Gasteiger partial charge in [-0.05, 0) is 50.2 Å². The van der Waals surface area contributed by atoms with Crippen LogP contribution in [0.15, 0.2) is 59.7 Å². The molecule has 8 heteroatoms. The minimum Gasteiger partial charge on any atom is -0.372 e. The summed E-state index contributed by atoms with van der Waals surface area (Å²) in [6.07, 6.45) is 0.515. The number of para-hydroxylation sites is 1. The van der Waals surface area contributed by atoms with Crippen LogP contribution in [-0.2, 0) is 14.3 Å². The average molecular weight is 422 g/mol. The van der Waals surface area contributed by atoms with Gasteiger partial charge in [-0.1, -0.05) is 18.2 Å². The van der Waals surface area contributed by atoms with Crippen LogP contribution in [0.25, 0.3) is 0 Å². The van der Waals surface area contributed by atoms with Gasteiger partial charge in [0.05, 0.1) is 17.9 Å². The van der Waals surface area contributed by atoms with Crippen LogP contribution in [0.3, 0.4) is 0 Å². The molecule has 0 radical (unpaired) electrons. The van der Waals surface area contributed by atoms with Gasteiger partial charge in [0.2, 0.25) is 5.91 Å². The molecule has 0 saturated carbocycles. The maximum absolute atomic E-state index is 12.8. The molecular weight excluding hydrogens is 394 g/mol. The van der Waals surface area contributed by atoms with E-state index in [0.717, 1.165) is 18.8 Å². The van der Waals surface area contributed by atoms with Gasteiger partial charge < -0.3 is 20.7 Å². The second-order valence-electron chi connectivity index (χ2n) is 8.01. The number of nitrogens with one attached hydrogen (secondary N) is 1. The zero-order chi connectivity index (χ0) is 22.0. The molecule has 2 aliphatic heterocycles. The molecule has 3 unspecified atom stereocenters. The van der Waals surface area contributed by atoms with Crippen LogP contribution < -0.4 is 21.0 Å². The second kappa shape index (κ2) is 8.77. The molecule has 31 heavy (non-hydrogen) atoms. The van der Waals surface area contributed by atoms with Crippen LogP contribution in [-0.4, -0.2) is 48.9 Å². The molecule has 1 fully saturated rings. The van der Waals surface area contributed by atoms with Crippen LogP contribution in [0.2, 0.25) is 0 Å². The largest absolute Gasteiger partial charge is 0.372 e. The predicted octanol–water partition coefficient (Wildman–Crippen LogP) is 2.36. The fourth-order valence-electron chi connectivity index (χ4n) is 4.04. The summed E-state index contributed by atoms with van der Waals surface area (Å²) in [5.41, 5.74) is 8.29. The lowest BCUT2D eigenvalue weighted by Crippen LogP contribution is -2.45. The number of morpholine rings is 1. The molecule has 0 bridgehead atoms. The van der Waals surface area contributed by atoms with E-state index in [-0.39, 0.29) is 30.2 Å². The highest BCUT2D eigenvalue weighted by atomic mass is 16.5. The van der Waals surface area contributed by atoms with Gasteiger partial charge in [0.15, 0.2) is 0 Å². The minimum absolute atomic E-state index is 0.164. The van der Waals surface area contributed by atoms with Gasteiger partial charge in [-0.2, -0.15) is 5.10 Å². The number of primary amides is 1. The summed E-state index contributed by atoms with van der Waals surface area (Å²) in [4.78, 5) is 27.0. The fourth-order valence-corrected chi connectivity index (χ4v) is 4.04. The van der Waals surface area contributed by atoms with E-state index >= 15 is 0 Å². The van der Waals surface area contributed by atoms with Crippen molar-refractivity contribution in [2.24, 2.45) is 10.8 Å². The number of carbonyl (C=O) groups excluding carboxylic acids is 2. The zero-order valence-electron chi connectivity index (χ0n) is 17.7. The van der Waals surface area contributed by atoms with E-state index in [4.69, 9.17) is 10.5 Å². The van der Waals surface area contributed by atoms with Crippen LogP contribution in [0.4, 0.5) is 17.1 Å². The number of carbonyl (C=O) groups is 2. The van der Waals surface area contributed by atoms with Gasteiger partial charge in [-0.3, -0.25) is 14.6 Å². The Hall–Kier alpha value is -3.39. The third kappa shape index (κ3) is 4.69. The van der Waals surface area contributed by atoms with Crippen LogP contribution in [0.5, 0.6) is 0 Å². The highest BCUT2D eigenvalue weighted by Crippen LogP contribution is 2.26. The maximum Gasteiger partial charge on any atom is 0.271 e. The van der Waals surface area contributed by atoms with Crippen molar-refractivity contribution in [3.8, 4) is 0 Å². The summed E-state index contributed by atoms with van der Waals surface area (Å²) >= 11 is 0. The molecule has 4 rings (SSSR count). The molecule has 3 N–H and O–H groups in total. The molecule has 2 aliphatic rings. The number of hydrogen-bond acceptors (Lipinski definition) is 6. The monoisotopic (exact) mass is 421 g/mol. The van der Waals surface area contributed by atoms with Gasteiger partial charge >= 0.3 is 0 Å². The standard InChI is InChI=1S/C23H27N5O3/c1-15-13-27(14-16(2)31-15)18-10-8-17(9-11-18)25-23(30)20-12-21(22(24)29)28(26-20)19-6-4-3-5-7-19/h3-11,15-16,21H,12-14H2,1-2H3,(H2,24,29)(H,25,30). The van der Waals surface area contributed by atoms with Crippen molar-refractivity contribution in [1.82, 2.24) is 0 Å². The van der Waals surface area contributed by atoms with Gasteiger partial charge in [-0.15, -0.1) is 0 Å². The predicted molar refractivity (Wildman–Crippen MR) is 121 cm³/mol. The number of hydrazone groups is 1. The Morgan fingerprint density at radius 1 is 1.00 bits per heavy atom. The van der Waals surface area contributed by atoms with E-state index in [0.29, 0.717) is 11.4 Å². The lowest BCUT2D eigenvalue weighted by atomic mass is 10.1. The third-order valence-corrected chi connectivity index (χ3v) is 5.43. The van der Waals surface area contributed by atoms with Crippen LogP contribution in [0.1, 0.15) is 20.3 Å². The maximum atomic E-state index is 12.8. The fraction of sp³-hybridized carbons (Fsp3) is 0.348. The number of hydrogen-bond donors (Lipinski definition) is 2. The first kappa shape index (κ1) is 20.9. The second-order valence-corrected chi connectivity index (χ2v) is 8.01. The van der Waals surface area contributed by atoms with Gasteiger partial charge in [0.25, 0.3) is 5.91 Å². The van der Waals surface area contributed by atoms with E-state index < -0.39 is 11.9 Å². The Bertz CT molecular complexity index is 966. The lowest BCUT2D eigenvalue weighted by Gasteiger charge is -2.36. The number of nitrogens with zero attached hydrogens (tertiary/aromatic N) is 3. The normalized spacial score (nSPS) is 23.4. The molecule has 2 heterocycles. The molecular formula is C23H27N5O3. The zero-order valence-corrected chi connectivity index (χ0v) is 17.7. The molecule has 162 valence electrons. The number of rotatable bonds is 5. The van der Waals surface area contributed by atoms with Crippen molar-refractivity contribution in [2.45, 2.75) is 38.5 Å². The van der Waals surface area contributed by atoms with Crippen LogP contribution in [0, 0.1) is 0 Å². The molecule has 8 nitrogen and oxygen atoms in total. The summed E-state index contributed by atoms with van der Waals surface area (Å²) in [6, 6.07) is 16.2. The summed E-state index contributed by atoms with van der Waals surface area (Å²) in [6.45, 7) is 5.79. The number of nitrogens with two attached hydrogens (primary N) is 1. The van der Waals surface area contributed by atoms with E-state index in [1.54, 1.807) is 0 Å². The van der Waals surface area contributed by atoms with Crippen molar-refractivity contribution < 1.29 is 14.3 Å². The Morgan fingerprint density at radius 3 is 2.26 bits per heavy atom. The first-order chi connectivity index (χ1) is 14.9. The molecule has 0 aromatic heterocycles. The van der Waals surface area contributed by atoms with Crippen molar-refractivity contribution in [3.05, 3.63) is 54.6 Å². The quantitative estimate of drug-likeness (QED) is 0.772. The van der Waals surface area contributed by atoms with E-state index in [9.17, 15) is 9.59 Å².